The van der Waals surface area contributed by atoms with E-state index in [1.54, 1.807) is 24.3 Å². The molecule has 1 N–H and O–H groups in total. The molecule has 0 fully saturated rings. The SMILES string of the molecule is CCOCN(C)COc1ccccc1C(=O)c1ccc(C(=O)O)cc1. The number of hydrogen-bond acceptors (Lipinski definition) is 5. The summed E-state index contributed by atoms with van der Waals surface area (Å²) in [6.45, 7) is 3.25. The highest BCUT2D eigenvalue weighted by Crippen LogP contribution is 2.22. The van der Waals surface area contributed by atoms with Gasteiger partial charge in [-0.1, -0.05) is 24.3 Å². The van der Waals surface area contributed by atoms with E-state index in [0.717, 1.165) is 0 Å². The van der Waals surface area contributed by atoms with Gasteiger partial charge in [-0.2, -0.15) is 0 Å². The molecule has 132 valence electrons. The second kappa shape index (κ2) is 8.96. The predicted molar refractivity (Wildman–Crippen MR) is 93.0 cm³/mol. The summed E-state index contributed by atoms with van der Waals surface area (Å²) in [7, 11) is 1.85. The highest BCUT2D eigenvalue weighted by atomic mass is 16.5. The van der Waals surface area contributed by atoms with Gasteiger partial charge in [-0.05, 0) is 38.2 Å². The second-order valence-corrected chi connectivity index (χ2v) is 5.46. The van der Waals surface area contributed by atoms with Gasteiger partial charge in [-0.25, -0.2) is 4.79 Å². The molecule has 25 heavy (non-hydrogen) atoms. The standard InChI is InChI=1S/C19H21NO5/c1-3-24-12-20(2)13-25-17-7-5-4-6-16(17)18(21)14-8-10-15(11-9-14)19(22)23/h4-11H,3,12-13H2,1-2H3,(H,22,23). The van der Waals surface area contributed by atoms with E-state index in [2.05, 4.69) is 0 Å². The topological polar surface area (TPSA) is 76.1 Å². The van der Waals surface area contributed by atoms with E-state index in [1.807, 2.05) is 18.9 Å². The van der Waals surface area contributed by atoms with Crippen LogP contribution in [0, 0.1) is 0 Å². The molecule has 6 nitrogen and oxygen atoms in total. The van der Waals surface area contributed by atoms with Crippen LogP contribution >= 0.6 is 0 Å². The third-order valence-corrected chi connectivity index (χ3v) is 3.48. The largest absolute Gasteiger partial charge is 0.478 e. The average Bonchev–Trinajstić information content (AvgIpc) is 2.64. The molecule has 0 amide bonds. The lowest BCUT2D eigenvalue weighted by Crippen LogP contribution is -2.26. The van der Waals surface area contributed by atoms with Gasteiger partial charge in [-0.3, -0.25) is 9.69 Å². The van der Waals surface area contributed by atoms with Crippen molar-refractivity contribution in [3.05, 3.63) is 65.2 Å². The van der Waals surface area contributed by atoms with Crippen LogP contribution in [0.5, 0.6) is 5.75 Å². The minimum Gasteiger partial charge on any atom is -0.478 e. The Morgan fingerprint density at radius 2 is 1.64 bits per heavy atom. The summed E-state index contributed by atoms with van der Waals surface area (Å²) in [6.07, 6.45) is 0. The highest BCUT2D eigenvalue weighted by molar-refractivity contribution is 6.11. The number of hydrogen-bond donors (Lipinski definition) is 1. The molecule has 0 heterocycles. The summed E-state index contributed by atoms with van der Waals surface area (Å²) in [4.78, 5) is 25.4. The van der Waals surface area contributed by atoms with Crippen molar-refractivity contribution in [1.29, 1.82) is 0 Å². The summed E-state index contributed by atoms with van der Waals surface area (Å²) in [5.41, 5.74) is 0.970. The first-order valence-corrected chi connectivity index (χ1v) is 7.89. The number of ether oxygens (including phenoxy) is 2. The van der Waals surface area contributed by atoms with Crippen molar-refractivity contribution in [1.82, 2.24) is 4.90 Å². The zero-order valence-corrected chi connectivity index (χ0v) is 14.3. The fourth-order valence-corrected chi connectivity index (χ4v) is 2.16. The first kappa shape index (κ1) is 18.6. The van der Waals surface area contributed by atoms with E-state index in [9.17, 15) is 9.59 Å². The fraction of sp³-hybridized carbons (Fsp3) is 0.263. The molecular formula is C19H21NO5. The Balaban J connectivity index is 2.13. The van der Waals surface area contributed by atoms with Crippen LogP contribution in [0.3, 0.4) is 0 Å². The number of para-hydroxylation sites is 1. The van der Waals surface area contributed by atoms with E-state index in [1.165, 1.54) is 24.3 Å². The van der Waals surface area contributed by atoms with E-state index >= 15 is 0 Å². The normalized spacial score (nSPS) is 10.7. The van der Waals surface area contributed by atoms with Crippen LogP contribution in [-0.2, 0) is 4.74 Å². The number of ketones is 1. The Bertz CT molecular complexity index is 727. The maximum atomic E-state index is 12.7. The molecule has 2 rings (SSSR count). The molecule has 0 saturated heterocycles. The van der Waals surface area contributed by atoms with Crippen LogP contribution in [0.4, 0.5) is 0 Å². The molecule has 0 aliphatic carbocycles. The molecule has 0 atom stereocenters. The average molecular weight is 343 g/mol. The van der Waals surface area contributed by atoms with Crippen LogP contribution in [0.15, 0.2) is 48.5 Å². The van der Waals surface area contributed by atoms with Crippen LogP contribution in [0.25, 0.3) is 0 Å². The van der Waals surface area contributed by atoms with Crippen molar-refractivity contribution >= 4 is 11.8 Å². The zero-order chi connectivity index (χ0) is 18.2. The molecule has 0 aromatic heterocycles. The summed E-state index contributed by atoms with van der Waals surface area (Å²) in [5, 5.41) is 8.94. The van der Waals surface area contributed by atoms with E-state index in [0.29, 0.717) is 30.2 Å². The number of nitrogens with zero attached hydrogens (tertiary/aromatic N) is 1. The quantitative estimate of drug-likeness (QED) is 0.557. The molecule has 0 aliphatic rings. The first-order valence-electron chi connectivity index (χ1n) is 7.89. The van der Waals surface area contributed by atoms with Crippen LogP contribution in [0.1, 0.15) is 33.2 Å². The van der Waals surface area contributed by atoms with Crippen molar-refractivity contribution in [3.8, 4) is 5.75 Å². The lowest BCUT2D eigenvalue weighted by Gasteiger charge is -2.18. The number of carbonyl (C=O) groups is 2. The Hall–Kier alpha value is -2.70. The van der Waals surface area contributed by atoms with Crippen molar-refractivity contribution in [2.45, 2.75) is 6.92 Å². The van der Waals surface area contributed by atoms with E-state index in [-0.39, 0.29) is 18.1 Å². The van der Waals surface area contributed by atoms with Gasteiger partial charge in [0, 0.05) is 12.2 Å². The monoisotopic (exact) mass is 343 g/mol. The molecule has 0 saturated carbocycles. The van der Waals surface area contributed by atoms with Crippen molar-refractivity contribution in [2.24, 2.45) is 0 Å². The summed E-state index contributed by atoms with van der Waals surface area (Å²) >= 11 is 0. The Morgan fingerprint density at radius 1 is 1.00 bits per heavy atom. The molecule has 0 spiro atoms. The van der Waals surface area contributed by atoms with Crippen molar-refractivity contribution in [2.75, 3.05) is 27.1 Å². The highest BCUT2D eigenvalue weighted by Gasteiger charge is 2.15. The van der Waals surface area contributed by atoms with E-state index < -0.39 is 5.97 Å². The first-order chi connectivity index (χ1) is 12.0. The summed E-state index contributed by atoms with van der Waals surface area (Å²) < 4.78 is 11.0. The molecule has 0 aliphatic heterocycles. The smallest absolute Gasteiger partial charge is 0.335 e. The molecule has 2 aromatic carbocycles. The Labute approximate surface area is 146 Å². The van der Waals surface area contributed by atoms with Gasteiger partial charge in [0.05, 0.1) is 11.1 Å². The Kier molecular flexibility index (Phi) is 6.68. The van der Waals surface area contributed by atoms with Gasteiger partial charge in [0.25, 0.3) is 0 Å². The maximum absolute atomic E-state index is 12.7. The third-order valence-electron chi connectivity index (χ3n) is 3.48. The van der Waals surface area contributed by atoms with Gasteiger partial charge in [0.2, 0.25) is 0 Å². The van der Waals surface area contributed by atoms with Crippen molar-refractivity contribution < 1.29 is 24.2 Å². The van der Waals surface area contributed by atoms with Crippen LogP contribution in [-0.4, -0.2) is 48.9 Å². The number of rotatable bonds is 9. The van der Waals surface area contributed by atoms with Gasteiger partial charge >= 0.3 is 5.97 Å². The van der Waals surface area contributed by atoms with Crippen LogP contribution in [0.2, 0.25) is 0 Å². The molecule has 0 bridgehead atoms. The number of carboxylic acids is 1. The lowest BCUT2D eigenvalue weighted by atomic mass is 10.0. The fourth-order valence-electron chi connectivity index (χ4n) is 2.16. The molecule has 0 radical (unpaired) electrons. The molecular weight excluding hydrogens is 322 g/mol. The zero-order valence-electron chi connectivity index (χ0n) is 14.3. The minimum atomic E-state index is -1.03. The number of carboxylic acid groups (broad SMARTS) is 1. The molecule has 2 aromatic rings. The molecule has 6 heteroatoms. The van der Waals surface area contributed by atoms with Gasteiger partial charge in [0.1, 0.15) is 19.2 Å². The third kappa shape index (κ3) is 5.14. The van der Waals surface area contributed by atoms with Gasteiger partial charge < -0.3 is 14.6 Å². The van der Waals surface area contributed by atoms with Gasteiger partial charge in [0.15, 0.2) is 5.78 Å². The Morgan fingerprint density at radius 3 is 2.28 bits per heavy atom. The summed E-state index contributed by atoms with van der Waals surface area (Å²) in [5.74, 6) is -0.779. The van der Waals surface area contributed by atoms with Gasteiger partial charge in [-0.15, -0.1) is 0 Å². The minimum absolute atomic E-state index is 0.138. The van der Waals surface area contributed by atoms with Crippen LogP contribution < -0.4 is 4.74 Å². The number of carbonyl (C=O) groups excluding carboxylic acids is 1. The number of benzene rings is 2. The lowest BCUT2D eigenvalue weighted by molar-refractivity contribution is 0.0124. The number of aromatic carboxylic acids is 1. The van der Waals surface area contributed by atoms with E-state index in [4.69, 9.17) is 14.6 Å². The molecule has 0 unspecified atom stereocenters. The van der Waals surface area contributed by atoms with Crippen molar-refractivity contribution in [3.63, 3.8) is 0 Å². The predicted octanol–water partition coefficient (Wildman–Crippen LogP) is 2.88. The maximum Gasteiger partial charge on any atom is 0.335 e. The summed E-state index contributed by atoms with van der Waals surface area (Å²) in [6, 6.07) is 12.8. The second-order valence-electron chi connectivity index (χ2n) is 5.46.